The molecule has 1 aliphatic heterocycles. The van der Waals surface area contributed by atoms with E-state index in [9.17, 15) is 23.3 Å². The summed E-state index contributed by atoms with van der Waals surface area (Å²) in [6.45, 7) is 0.549. The fraction of sp³-hybridized carbons (Fsp3) is 0.333. The summed E-state index contributed by atoms with van der Waals surface area (Å²) in [5.41, 5.74) is 0.746. The molecule has 1 aromatic carbocycles. The number of non-ortho nitro benzene ring substituents is 1. The van der Waals surface area contributed by atoms with Crippen molar-refractivity contribution in [3.05, 3.63) is 50.6 Å². The zero-order valence-electron chi connectivity index (χ0n) is 15.9. The Balaban J connectivity index is 1.52. The maximum absolute atomic E-state index is 12.7. The summed E-state index contributed by atoms with van der Waals surface area (Å²) < 4.78 is 29.4. The number of benzene rings is 1. The zero-order chi connectivity index (χ0) is 21.5. The maximum Gasteiger partial charge on any atom is 0.270 e. The highest BCUT2D eigenvalue weighted by atomic mass is 32.2. The van der Waals surface area contributed by atoms with Crippen LogP contribution in [0.4, 0.5) is 5.69 Å². The molecule has 1 amide bonds. The Morgan fingerprint density at radius 1 is 1.27 bits per heavy atom. The van der Waals surface area contributed by atoms with Crippen molar-refractivity contribution in [3.8, 4) is 0 Å². The van der Waals surface area contributed by atoms with Crippen LogP contribution < -0.4 is 4.80 Å². The van der Waals surface area contributed by atoms with Crippen LogP contribution in [0.15, 0.2) is 44.9 Å². The van der Waals surface area contributed by atoms with Crippen LogP contribution in [0, 0.1) is 16.0 Å². The molecule has 0 unspecified atom stereocenters. The van der Waals surface area contributed by atoms with Gasteiger partial charge in [-0.1, -0.05) is 17.4 Å². The van der Waals surface area contributed by atoms with Crippen molar-refractivity contribution in [1.29, 1.82) is 0 Å². The number of nitro benzene ring substituents is 1. The predicted octanol–water partition coefficient (Wildman–Crippen LogP) is 2.74. The summed E-state index contributed by atoms with van der Waals surface area (Å²) in [5.74, 6) is -0.640. The van der Waals surface area contributed by atoms with E-state index < -0.39 is 14.9 Å². The minimum atomic E-state index is -3.51. The van der Waals surface area contributed by atoms with Gasteiger partial charge in [0.05, 0.1) is 15.1 Å². The van der Waals surface area contributed by atoms with Gasteiger partial charge in [0.2, 0.25) is 0 Å². The van der Waals surface area contributed by atoms with Crippen LogP contribution in [-0.2, 0) is 21.9 Å². The van der Waals surface area contributed by atoms with Crippen molar-refractivity contribution in [3.63, 3.8) is 0 Å². The van der Waals surface area contributed by atoms with Crippen LogP contribution >= 0.6 is 22.7 Å². The molecule has 3 heterocycles. The summed E-state index contributed by atoms with van der Waals surface area (Å²) in [6, 6.07) is 7.81. The summed E-state index contributed by atoms with van der Waals surface area (Å²) in [6.07, 6.45) is 0.819. The second-order valence-corrected chi connectivity index (χ2v) is 11.0. The fourth-order valence-corrected chi connectivity index (χ4v) is 7.08. The molecule has 0 atom stereocenters. The topological polar surface area (TPSA) is 115 Å². The van der Waals surface area contributed by atoms with E-state index in [0.29, 0.717) is 26.6 Å². The number of aryl methyl sites for hydroxylation is 1. The number of fused-ring (bicyclic) bond motifs is 1. The highest BCUT2D eigenvalue weighted by Crippen LogP contribution is 2.27. The molecule has 4 rings (SSSR count). The summed E-state index contributed by atoms with van der Waals surface area (Å²) >= 11 is 2.40. The molecule has 1 aliphatic rings. The molecule has 0 radical (unpaired) electrons. The lowest BCUT2D eigenvalue weighted by molar-refractivity contribution is -0.384. The Morgan fingerprint density at radius 2 is 2.00 bits per heavy atom. The Labute approximate surface area is 180 Å². The first-order valence-electron chi connectivity index (χ1n) is 9.13. The maximum atomic E-state index is 12.7. The molecular formula is C18H18N4O5S3. The number of rotatable bonds is 4. The van der Waals surface area contributed by atoms with Gasteiger partial charge in [-0.15, -0.1) is 11.3 Å². The number of nitro groups is 1. The molecule has 0 N–H and O–H groups in total. The minimum Gasteiger partial charge on any atom is -0.319 e. The number of hydrogen-bond acceptors (Lipinski definition) is 7. The summed E-state index contributed by atoms with van der Waals surface area (Å²) in [5, 5.41) is 12.7. The number of thiophene rings is 1. The SMILES string of the molecule is Cn1c(=NC(=O)C2CCN(S(=O)(=O)c3cccs3)CC2)sc2cc([N+](=O)[O-])ccc21. The van der Waals surface area contributed by atoms with Gasteiger partial charge >= 0.3 is 0 Å². The molecule has 9 nitrogen and oxygen atoms in total. The summed E-state index contributed by atoms with van der Waals surface area (Å²) in [4.78, 5) is 27.9. The largest absolute Gasteiger partial charge is 0.319 e. The molecule has 3 aromatic rings. The molecule has 12 heteroatoms. The van der Waals surface area contributed by atoms with Crippen molar-refractivity contribution in [2.24, 2.45) is 18.0 Å². The van der Waals surface area contributed by atoms with Gasteiger partial charge in [-0.05, 0) is 30.4 Å². The number of aromatic nitrogens is 1. The van der Waals surface area contributed by atoms with Crippen LogP contribution in [0.3, 0.4) is 0 Å². The van der Waals surface area contributed by atoms with E-state index >= 15 is 0 Å². The highest BCUT2D eigenvalue weighted by Gasteiger charge is 2.32. The lowest BCUT2D eigenvalue weighted by Crippen LogP contribution is -2.40. The molecule has 0 bridgehead atoms. The highest BCUT2D eigenvalue weighted by molar-refractivity contribution is 7.91. The standard InChI is InChI=1S/C18H18N4O5S3/c1-20-14-5-4-13(22(24)25)11-15(14)29-18(20)19-17(23)12-6-8-21(9-7-12)30(26,27)16-3-2-10-28-16/h2-5,10-12H,6-9H2,1H3. The Morgan fingerprint density at radius 3 is 2.63 bits per heavy atom. The number of carbonyl (C=O) groups is 1. The predicted molar refractivity (Wildman–Crippen MR) is 114 cm³/mol. The van der Waals surface area contributed by atoms with Gasteiger partial charge < -0.3 is 4.57 Å². The smallest absolute Gasteiger partial charge is 0.270 e. The lowest BCUT2D eigenvalue weighted by Gasteiger charge is -2.29. The monoisotopic (exact) mass is 466 g/mol. The van der Waals surface area contributed by atoms with Crippen molar-refractivity contribution in [2.75, 3.05) is 13.1 Å². The van der Waals surface area contributed by atoms with Gasteiger partial charge in [-0.2, -0.15) is 9.30 Å². The van der Waals surface area contributed by atoms with Crippen LogP contribution in [0.5, 0.6) is 0 Å². The van der Waals surface area contributed by atoms with Gasteiger partial charge in [0.15, 0.2) is 4.80 Å². The van der Waals surface area contributed by atoms with Crippen LogP contribution in [0.25, 0.3) is 10.2 Å². The van der Waals surface area contributed by atoms with E-state index in [1.165, 1.54) is 39.1 Å². The molecule has 0 saturated carbocycles. The molecule has 2 aromatic heterocycles. The number of hydrogen-bond donors (Lipinski definition) is 0. The average Bonchev–Trinajstić information content (AvgIpc) is 3.37. The summed E-state index contributed by atoms with van der Waals surface area (Å²) in [7, 11) is -1.75. The third-order valence-electron chi connectivity index (χ3n) is 5.10. The van der Waals surface area contributed by atoms with E-state index in [0.717, 1.165) is 5.52 Å². The van der Waals surface area contributed by atoms with E-state index in [-0.39, 0.29) is 30.6 Å². The van der Waals surface area contributed by atoms with Crippen molar-refractivity contribution >= 4 is 54.5 Å². The van der Waals surface area contributed by atoms with Gasteiger partial charge in [0, 0.05) is 38.2 Å². The van der Waals surface area contributed by atoms with Crippen molar-refractivity contribution in [1.82, 2.24) is 8.87 Å². The van der Waals surface area contributed by atoms with Gasteiger partial charge in [0.25, 0.3) is 21.6 Å². The molecule has 0 aliphatic carbocycles. The Kier molecular flexibility index (Phi) is 5.57. The number of amides is 1. The first-order chi connectivity index (χ1) is 14.3. The molecule has 1 fully saturated rings. The number of thiazole rings is 1. The van der Waals surface area contributed by atoms with Crippen molar-refractivity contribution in [2.45, 2.75) is 17.1 Å². The average molecular weight is 467 g/mol. The molecule has 158 valence electrons. The van der Waals surface area contributed by atoms with Crippen LogP contribution in [0.1, 0.15) is 12.8 Å². The molecular weight excluding hydrogens is 448 g/mol. The molecule has 30 heavy (non-hydrogen) atoms. The van der Waals surface area contributed by atoms with Crippen LogP contribution in [-0.4, -0.2) is 41.2 Å². The first kappa shape index (κ1) is 20.8. The number of nitrogens with zero attached hydrogens (tertiary/aromatic N) is 4. The number of carbonyl (C=O) groups excluding carboxylic acids is 1. The Hall–Kier alpha value is -2.41. The van der Waals surface area contributed by atoms with E-state index in [1.807, 2.05) is 0 Å². The molecule has 1 saturated heterocycles. The Bertz CT molecular complexity index is 1280. The quantitative estimate of drug-likeness (QED) is 0.433. The zero-order valence-corrected chi connectivity index (χ0v) is 18.4. The lowest BCUT2D eigenvalue weighted by atomic mass is 9.98. The normalized spacial score (nSPS) is 16.9. The van der Waals surface area contributed by atoms with Gasteiger partial charge in [0.1, 0.15) is 4.21 Å². The molecule has 0 spiro atoms. The third kappa shape index (κ3) is 3.83. The number of piperidine rings is 1. The van der Waals surface area contributed by atoms with E-state index in [2.05, 4.69) is 4.99 Å². The second kappa shape index (κ2) is 8.02. The number of sulfonamides is 1. The third-order valence-corrected chi connectivity index (χ3v) is 9.47. The van der Waals surface area contributed by atoms with E-state index in [4.69, 9.17) is 0 Å². The first-order valence-corrected chi connectivity index (χ1v) is 12.3. The van der Waals surface area contributed by atoms with Crippen molar-refractivity contribution < 1.29 is 18.1 Å². The second-order valence-electron chi connectivity index (χ2n) is 6.91. The van der Waals surface area contributed by atoms with Gasteiger partial charge in [-0.3, -0.25) is 14.9 Å². The van der Waals surface area contributed by atoms with Gasteiger partial charge in [-0.25, -0.2) is 8.42 Å². The van der Waals surface area contributed by atoms with Crippen LogP contribution in [0.2, 0.25) is 0 Å². The fourth-order valence-electron chi connectivity index (χ4n) is 3.41. The van der Waals surface area contributed by atoms with E-state index in [1.54, 1.807) is 35.2 Å². The minimum absolute atomic E-state index is 0.0125.